The first-order valence-electron chi connectivity index (χ1n) is 7.16. The van der Waals surface area contributed by atoms with E-state index >= 15 is 0 Å². The minimum atomic E-state index is 0.0665. The number of nitrogens with one attached hydrogen (secondary N) is 1. The highest BCUT2D eigenvalue weighted by atomic mass is 32.1. The summed E-state index contributed by atoms with van der Waals surface area (Å²) in [6.45, 7) is 0.0665. The number of aromatic nitrogens is 1. The quantitative estimate of drug-likeness (QED) is 0.665. The summed E-state index contributed by atoms with van der Waals surface area (Å²) in [6, 6.07) is 0. The Morgan fingerprint density at radius 2 is 2.15 bits per heavy atom. The summed E-state index contributed by atoms with van der Waals surface area (Å²) in [6.07, 6.45) is 8.87. The molecule has 0 aliphatic heterocycles. The molecule has 0 spiro atoms. The highest BCUT2D eigenvalue weighted by Crippen LogP contribution is 2.25. The Morgan fingerprint density at radius 3 is 2.85 bits per heavy atom. The molecule has 2 rings (SSSR count). The normalized spacial score (nSPS) is 16.1. The predicted octanol–water partition coefficient (Wildman–Crippen LogP) is 2.79. The molecule has 1 fully saturated rings. The number of hydrogen-bond donors (Lipinski definition) is 2. The van der Waals surface area contributed by atoms with E-state index in [4.69, 9.17) is 5.11 Å². The zero-order chi connectivity index (χ0) is 14.2. The summed E-state index contributed by atoms with van der Waals surface area (Å²) in [7, 11) is 0. The third-order valence-electron chi connectivity index (χ3n) is 3.41. The zero-order valence-electron chi connectivity index (χ0n) is 11.5. The molecule has 1 aliphatic carbocycles. The molecule has 4 nitrogen and oxygen atoms in total. The Morgan fingerprint density at radius 1 is 1.40 bits per heavy atom. The maximum atomic E-state index is 12.2. The van der Waals surface area contributed by atoms with Crippen molar-refractivity contribution in [1.29, 1.82) is 0 Å². The molecule has 20 heavy (non-hydrogen) atoms. The van der Waals surface area contributed by atoms with Crippen molar-refractivity contribution in [1.82, 2.24) is 4.98 Å². The van der Waals surface area contributed by atoms with Gasteiger partial charge < -0.3 is 10.4 Å². The molecule has 2 N–H and O–H groups in total. The first kappa shape index (κ1) is 15.0. The molecular formula is C15H20N2O2S. The topological polar surface area (TPSA) is 62.2 Å². The summed E-state index contributed by atoms with van der Waals surface area (Å²) < 4.78 is 0. The molecule has 1 amide bonds. The molecular weight excluding hydrogens is 272 g/mol. The van der Waals surface area contributed by atoms with Crippen LogP contribution in [-0.2, 0) is 4.79 Å². The lowest BCUT2D eigenvalue weighted by atomic mass is 10.00. The zero-order valence-corrected chi connectivity index (χ0v) is 12.3. The Bertz CT molecular complexity index is 493. The average Bonchev–Trinajstić information content (AvgIpc) is 2.72. The van der Waals surface area contributed by atoms with Crippen LogP contribution in [0.2, 0.25) is 0 Å². The Hall–Kier alpha value is -1.38. The van der Waals surface area contributed by atoms with Gasteiger partial charge in [-0.15, -0.1) is 0 Å². The molecule has 5 heteroatoms. The van der Waals surface area contributed by atoms with Crippen LogP contribution in [0.15, 0.2) is 6.20 Å². The van der Waals surface area contributed by atoms with E-state index in [-0.39, 0.29) is 18.4 Å². The van der Waals surface area contributed by atoms with Crippen molar-refractivity contribution in [3.8, 4) is 11.8 Å². The lowest BCUT2D eigenvalue weighted by molar-refractivity contribution is -0.120. The minimum absolute atomic E-state index is 0.0665. The third-order valence-corrected chi connectivity index (χ3v) is 4.24. The molecule has 108 valence electrons. The van der Waals surface area contributed by atoms with E-state index in [2.05, 4.69) is 22.1 Å². The number of anilines is 1. The highest BCUT2D eigenvalue weighted by molar-refractivity contribution is 7.16. The largest absolute Gasteiger partial charge is 0.395 e. The van der Waals surface area contributed by atoms with Gasteiger partial charge in [-0.05, 0) is 12.8 Å². The van der Waals surface area contributed by atoms with E-state index in [1.807, 2.05) is 0 Å². The first-order chi connectivity index (χ1) is 9.79. The van der Waals surface area contributed by atoms with Gasteiger partial charge in [-0.1, -0.05) is 48.9 Å². The van der Waals surface area contributed by atoms with Gasteiger partial charge in [-0.2, -0.15) is 0 Å². The van der Waals surface area contributed by atoms with Crippen molar-refractivity contribution in [3.05, 3.63) is 11.1 Å². The molecule has 0 radical (unpaired) electrons. The number of nitrogens with zero attached hydrogens (tertiary/aromatic N) is 1. The summed E-state index contributed by atoms with van der Waals surface area (Å²) in [5.41, 5.74) is 0. The van der Waals surface area contributed by atoms with Crippen molar-refractivity contribution < 1.29 is 9.90 Å². The van der Waals surface area contributed by atoms with Crippen LogP contribution >= 0.6 is 11.3 Å². The second kappa shape index (κ2) is 8.03. The summed E-state index contributed by atoms with van der Waals surface area (Å²) >= 11 is 1.38. The van der Waals surface area contributed by atoms with Crippen LogP contribution in [0.5, 0.6) is 0 Å². The molecule has 1 saturated carbocycles. The van der Waals surface area contributed by atoms with Crippen LogP contribution in [0.3, 0.4) is 0 Å². The number of rotatable bonds is 3. The molecule has 0 unspecified atom stereocenters. The van der Waals surface area contributed by atoms with Crippen LogP contribution in [0.1, 0.15) is 49.8 Å². The molecule has 0 aromatic carbocycles. The SMILES string of the molecule is O=C(Nc1ncc(C#CCCO)s1)C1CCCCCC1. The number of thiazole rings is 1. The van der Waals surface area contributed by atoms with Gasteiger partial charge in [0.05, 0.1) is 17.7 Å². The second-order valence-electron chi connectivity index (χ2n) is 4.98. The number of hydrogen-bond acceptors (Lipinski definition) is 4. The molecule has 0 atom stereocenters. The van der Waals surface area contributed by atoms with Crippen molar-refractivity contribution in [3.63, 3.8) is 0 Å². The monoisotopic (exact) mass is 292 g/mol. The third kappa shape index (κ3) is 4.62. The van der Waals surface area contributed by atoms with Gasteiger partial charge in [-0.3, -0.25) is 4.79 Å². The van der Waals surface area contributed by atoms with E-state index in [1.54, 1.807) is 6.20 Å². The van der Waals surface area contributed by atoms with Gasteiger partial charge in [0.2, 0.25) is 5.91 Å². The average molecular weight is 292 g/mol. The fourth-order valence-electron chi connectivity index (χ4n) is 2.34. The van der Waals surface area contributed by atoms with Crippen molar-refractivity contribution in [2.75, 3.05) is 11.9 Å². The maximum absolute atomic E-state index is 12.2. The van der Waals surface area contributed by atoms with Gasteiger partial charge in [0.1, 0.15) is 0 Å². The number of amides is 1. The lowest BCUT2D eigenvalue weighted by Crippen LogP contribution is -2.22. The molecule has 1 aromatic heterocycles. The van der Waals surface area contributed by atoms with E-state index in [0.29, 0.717) is 11.6 Å². The van der Waals surface area contributed by atoms with Crippen molar-refractivity contribution >= 4 is 22.4 Å². The van der Waals surface area contributed by atoms with Crippen LogP contribution in [0, 0.1) is 17.8 Å². The number of carbonyl (C=O) groups excluding carboxylic acids is 1. The van der Waals surface area contributed by atoms with Gasteiger partial charge >= 0.3 is 0 Å². The first-order valence-corrected chi connectivity index (χ1v) is 7.97. The van der Waals surface area contributed by atoms with Gasteiger partial charge in [0.15, 0.2) is 5.13 Å². The molecule has 1 aliphatic rings. The van der Waals surface area contributed by atoms with E-state index < -0.39 is 0 Å². The molecule has 1 aromatic rings. The predicted molar refractivity (Wildman–Crippen MR) is 80.5 cm³/mol. The van der Waals surface area contributed by atoms with Gasteiger partial charge in [0.25, 0.3) is 0 Å². The minimum Gasteiger partial charge on any atom is -0.395 e. The van der Waals surface area contributed by atoms with Crippen LogP contribution in [0.25, 0.3) is 0 Å². The van der Waals surface area contributed by atoms with Crippen molar-refractivity contribution in [2.24, 2.45) is 5.92 Å². The standard InChI is InChI=1S/C15H20N2O2S/c18-10-6-5-9-13-11-16-15(20-13)17-14(19)12-7-3-1-2-4-8-12/h11-12,18H,1-4,6-8,10H2,(H,16,17,19). The van der Waals surface area contributed by atoms with E-state index in [9.17, 15) is 4.79 Å². The van der Waals surface area contributed by atoms with Crippen LogP contribution in [0.4, 0.5) is 5.13 Å². The van der Waals surface area contributed by atoms with Gasteiger partial charge in [0, 0.05) is 12.3 Å². The van der Waals surface area contributed by atoms with Gasteiger partial charge in [-0.25, -0.2) is 4.98 Å². The highest BCUT2D eigenvalue weighted by Gasteiger charge is 2.20. The molecule has 0 saturated heterocycles. The molecule has 1 heterocycles. The lowest BCUT2D eigenvalue weighted by Gasteiger charge is -2.12. The Labute approximate surface area is 123 Å². The fourth-order valence-corrected chi connectivity index (χ4v) is 3.04. The molecule has 0 bridgehead atoms. The Balaban J connectivity index is 1.89. The van der Waals surface area contributed by atoms with Crippen molar-refractivity contribution in [2.45, 2.75) is 44.9 Å². The number of carbonyl (C=O) groups is 1. The summed E-state index contributed by atoms with van der Waals surface area (Å²) in [4.78, 5) is 17.2. The Kier molecular flexibility index (Phi) is 6.03. The second-order valence-corrected chi connectivity index (χ2v) is 6.01. The van der Waals surface area contributed by atoms with E-state index in [0.717, 1.165) is 30.6 Å². The van der Waals surface area contributed by atoms with Crippen LogP contribution < -0.4 is 5.32 Å². The fraction of sp³-hybridized carbons (Fsp3) is 0.600. The van der Waals surface area contributed by atoms with Crippen LogP contribution in [-0.4, -0.2) is 22.6 Å². The number of aliphatic hydroxyl groups excluding tert-OH is 1. The maximum Gasteiger partial charge on any atom is 0.229 e. The number of aliphatic hydroxyl groups is 1. The van der Waals surface area contributed by atoms with E-state index in [1.165, 1.54) is 24.2 Å². The summed E-state index contributed by atoms with van der Waals surface area (Å²) in [5, 5.41) is 12.2. The smallest absolute Gasteiger partial charge is 0.229 e. The summed E-state index contributed by atoms with van der Waals surface area (Å²) in [5.74, 6) is 5.99.